The molecule has 2 N–H and O–H groups in total. The average Bonchev–Trinajstić information content (AvgIpc) is 3.32. The Balaban J connectivity index is 1.48. The van der Waals surface area contributed by atoms with Crippen molar-refractivity contribution in [3.63, 3.8) is 0 Å². The van der Waals surface area contributed by atoms with Gasteiger partial charge in [-0.15, -0.1) is 11.3 Å². The second-order valence-corrected chi connectivity index (χ2v) is 9.41. The molecule has 2 amide bonds. The molecule has 1 aromatic heterocycles. The summed E-state index contributed by atoms with van der Waals surface area (Å²) < 4.78 is 5.89. The third-order valence-electron chi connectivity index (χ3n) is 5.56. The minimum atomic E-state index is -0.687. The average molecular weight is 449 g/mol. The number of hydrogen-bond donors (Lipinski definition) is 2. The fraction of sp³-hybridized carbons (Fsp3) is 0.308. The minimum Gasteiger partial charge on any atom is -0.481 e. The van der Waals surface area contributed by atoms with Crippen LogP contribution in [-0.4, -0.2) is 17.9 Å². The van der Waals surface area contributed by atoms with E-state index in [1.165, 1.54) is 16.2 Å². The molecule has 0 fully saturated rings. The van der Waals surface area contributed by atoms with Crippen molar-refractivity contribution in [2.24, 2.45) is 0 Å². The van der Waals surface area contributed by atoms with E-state index < -0.39 is 6.10 Å². The quantitative estimate of drug-likeness (QED) is 0.523. The summed E-state index contributed by atoms with van der Waals surface area (Å²) in [4.78, 5) is 27.2. The van der Waals surface area contributed by atoms with Crippen LogP contribution in [0.2, 0.25) is 0 Å². The fourth-order valence-electron chi connectivity index (χ4n) is 4.07. The van der Waals surface area contributed by atoms with Crippen LogP contribution in [-0.2, 0) is 24.2 Å². The predicted molar refractivity (Wildman–Crippen MR) is 129 cm³/mol. The molecule has 0 spiro atoms. The predicted octanol–water partition coefficient (Wildman–Crippen LogP) is 5.19. The van der Waals surface area contributed by atoms with Crippen molar-refractivity contribution >= 4 is 28.2 Å². The summed E-state index contributed by atoms with van der Waals surface area (Å²) in [6.45, 7) is 6.17. The lowest BCUT2D eigenvalue weighted by atomic mass is 10.1. The van der Waals surface area contributed by atoms with Gasteiger partial charge in [-0.1, -0.05) is 36.4 Å². The zero-order valence-corrected chi connectivity index (χ0v) is 19.5. The van der Waals surface area contributed by atoms with E-state index in [2.05, 4.69) is 16.7 Å². The monoisotopic (exact) mass is 448 g/mol. The molecule has 1 heterocycles. The number of rotatable bonds is 7. The van der Waals surface area contributed by atoms with Crippen LogP contribution in [0.5, 0.6) is 5.75 Å². The van der Waals surface area contributed by atoms with Gasteiger partial charge in [0.2, 0.25) is 0 Å². The number of hydrogen-bond acceptors (Lipinski definition) is 4. The highest BCUT2D eigenvalue weighted by atomic mass is 32.1. The van der Waals surface area contributed by atoms with Gasteiger partial charge in [-0.25, -0.2) is 0 Å². The van der Waals surface area contributed by atoms with E-state index in [1.54, 1.807) is 6.92 Å². The lowest BCUT2D eigenvalue weighted by Crippen LogP contribution is -2.31. The summed E-state index contributed by atoms with van der Waals surface area (Å²) in [7, 11) is 0. The van der Waals surface area contributed by atoms with Crippen molar-refractivity contribution in [2.45, 2.75) is 52.7 Å². The number of thiophene rings is 1. The number of nitrogens with one attached hydrogen (secondary N) is 2. The molecule has 3 aromatic rings. The highest BCUT2D eigenvalue weighted by molar-refractivity contribution is 7.17. The maximum Gasteiger partial charge on any atom is 0.265 e. The molecule has 0 saturated heterocycles. The van der Waals surface area contributed by atoms with Gasteiger partial charge in [-0.3, -0.25) is 9.59 Å². The topological polar surface area (TPSA) is 67.4 Å². The van der Waals surface area contributed by atoms with E-state index in [9.17, 15) is 9.59 Å². The van der Waals surface area contributed by atoms with Gasteiger partial charge < -0.3 is 15.4 Å². The number of fused-ring (bicyclic) bond motifs is 1. The molecule has 1 atom stereocenters. The molecule has 0 aliphatic heterocycles. The first-order chi connectivity index (χ1) is 15.4. The van der Waals surface area contributed by atoms with Crippen molar-refractivity contribution in [1.82, 2.24) is 5.32 Å². The number of carbonyl (C=O) groups is 2. The van der Waals surface area contributed by atoms with Gasteiger partial charge in [0.05, 0.1) is 5.56 Å². The van der Waals surface area contributed by atoms with Crippen LogP contribution in [0.3, 0.4) is 0 Å². The Labute approximate surface area is 192 Å². The Kier molecular flexibility index (Phi) is 6.61. The van der Waals surface area contributed by atoms with Gasteiger partial charge in [0.25, 0.3) is 11.8 Å². The molecule has 4 rings (SSSR count). The lowest BCUT2D eigenvalue weighted by Gasteiger charge is -2.16. The zero-order valence-electron chi connectivity index (χ0n) is 18.7. The number of ether oxygens (including phenoxy) is 1. The number of anilines is 1. The lowest BCUT2D eigenvalue weighted by molar-refractivity contribution is -0.122. The van der Waals surface area contributed by atoms with Crippen molar-refractivity contribution < 1.29 is 14.3 Å². The van der Waals surface area contributed by atoms with Gasteiger partial charge in [0.1, 0.15) is 10.8 Å². The van der Waals surface area contributed by atoms with Crippen molar-refractivity contribution in [2.75, 3.05) is 5.32 Å². The van der Waals surface area contributed by atoms with Crippen LogP contribution in [0.25, 0.3) is 0 Å². The first-order valence-electron chi connectivity index (χ1n) is 10.9. The first-order valence-corrected chi connectivity index (χ1v) is 11.7. The van der Waals surface area contributed by atoms with Gasteiger partial charge in [0.15, 0.2) is 6.10 Å². The molecular weight excluding hydrogens is 420 g/mol. The van der Waals surface area contributed by atoms with Crippen molar-refractivity contribution in [1.29, 1.82) is 0 Å². The number of carbonyl (C=O) groups excluding carboxylic acids is 2. The summed E-state index contributed by atoms with van der Waals surface area (Å²) in [5.41, 5.74) is 4.87. The Morgan fingerprint density at radius 3 is 2.50 bits per heavy atom. The Morgan fingerprint density at radius 1 is 1.06 bits per heavy atom. The second-order valence-electron chi connectivity index (χ2n) is 8.30. The van der Waals surface area contributed by atoms with Crippen molar-refractivity contribution in [3.8, 4) is 5.75 Å². The third-order valence-corrected chi connectivity index (χ3v) is 6.77. The number of benzene rings is 2. The van der Waals surface area contributed by atoms with Crippen LogP contribution in [0.15, 0.2) is 48.5 Å². The first kappa shape index (κ1) is 22.1. The van der Waals surface area contributed by atoms with Crippen LogP contribution >= 0.6 is 11.3 Å². The normalized spacial score (nSPS) is 13.3. The maximum absolute atomic E-state index is 13.1. The molecule has 0 bridgehead atoms. The van der Waals surface area contributed by atoms with Gasteiger partial charge in [-0.05, 0) is 74.4 Å². The fourth-order valence-corrected chi connectivity index (χ4v) is 5.36. The molecule has 0 radical (unpaired) electrons. The molecule has 5 nitrogen and oxygen atoms in total. The molecule has 0 unspecified atom stereocenters. The van der Waals surface area contributed by atoms with Gasteiger partial charge in [0, 0.05) is 11.4 Å². The molecular formula is C26H28N2O3S. The summed E-state index contributed by atoms with van der Waals surface area (Å²) in [5.74, 6) is 0.257. The largest absolute Gasteiger partial charge is 0.481 e. The van der Waals surface area contributed by atoms with E-state index in [1.807, 2.05) is 56.3 Å². The number of aryl methyl sites for hydroxylation is 3. The standard InChI is InChI=1S/C26H28N2O3S/c1-16-12-17(2)14-20(13-16)31-18(3)24(29)28-26-23(21-10-7-11-22(21)32-26)25(30)27-15-19-8-5-4-6-9-19/h4-6,8-9,12-14,18H,7,10-11,15H2,1-3H3,(H,27,30)(H,28,29)/t18-/m1/s1. The molecule has 6 heteroatoms. The van der Waals surface area contributed by atoms with Crippen LogP contribution < -0.4 is 15.4 Å². The maximum atomic E-state index is 13.1. The Morgan fingerprint density at radius 2 is 1.78 bits per heavy atom. The smallest absolute Gasteiger partial charge is 0.265 e. The zero-order chi connectivity index (χ0) is 22.7. The third kappa shape index (κ3) is 5.02. The van der Waals surface area contributed by atoms with Gasteiger partial charge >= 0.3 is 0 Å². The summed E-state index contributed by atoms with van der Waals surface area (Å²) >= 11 is 1.51. The van der Waals surface area contributed by atoms with Gasteiger partial charge in [-0.2, -0.15) is 0 Å². The molecule has 2 aromatic carbocycles. The molecule has 0 saturated carbocycles. The van der Waals surface area contributed by atoms with Crippen molar-refractivity contribution in [3.05, 3.63) is 81.2 Å². The Bertz CT molecular complexity index is 1120. The van der Waals surface area contributed by atoms with E-state index in [0.29, 0.717) is 22.9 Å². The van der Waals surface area contributed by atoms with E-state index in [4.69, 9.17) is 4.74 Å². The molecule has 32 heavy (non-hydrogen) atoms. The highest BCUT2D eigenvalue weighted by Gasteiger charge is 2.28. The van der Waals surface area contributed by atoms with Crippen LogP contribution in [0.4, 0.5) is 5.00 Å². The second kappa shape index (κ2) is 9.57. The van der Waals surface area contributed by atoms with Crippen LogP contribution in [0, 0.1) is 13.8 Å². The molecule has 1 aliphatic carbocycles. The highest BCUT2D eigenvalue weighted by Crippen LogP contribution is 2.39. The minimum absolute atomic E-state index is 0.147. The van der Waals surface area contributed by atoms with E-state index in [0.717, 1.165) is 41.5 Å². The SMILES string of the molecule is Cc1cc(C)cc(O[C@H](C)C(=O)Nc2sc3c(c2C(=O)NCc2ccccc2)CCC3)c1. The van der Waals surface area contributed by atoms with E-state index in [-0.39, 0.29) is 11.8 Å². The van der Waals surface area contributed by atoms with E-state index >= 15 is 0 Å². The summed E-state index contributed by atoms with van der Waals surface area (Å²) in [5, 5.41) is 6.59. The Hall–Kier alpha value is -3.12. The molecule has 1 aliphatic rings. The number of amides is 2. The summed E-state index contributed by atoms with van der Waals surface area (Å²) in [6, 6.07) is 15.7. The van der Waals surface area contributed by atoms with Crippen LogP contribution in [0.1, 0.15) is 50.8 Å². The summed E-state index contributed by atoms with van der Waals surface area (Å²) in [6.07, 6.45) is 2.17. The molecule has 166 valence electrons.